The van der Waals surface area contributed by atoms with E-state index in [2.05, 4.69) is 15.9 Å². The molecule has 1 aromatic carbocycles. The zero-order valence-electron chi connectivity index (χ0n) is 6.61. The normalized spacial score (nSPS) is 11.5. The van der Waals surface area contributed by atoms with Crippen LogP contribution in [0, 0.1) is 0 Å². The molecule has 0 spiro atoms. The smallest absolute Gasteiger partial charge is 0.325 e. The van der Waals surface area contributed by atoms with E-state index in [1.54, 1.807) is 18.2 Å². The molecule has 0 aliphatic carbocycles. The molecule has 3 N–H and O–H groups in total. The summed E-state index contributed by atoms with van der Waals surface area (Å²) in [4.78, 5) is 10.5. The average Bonchev–Trinajstić information content (AvgIpc) is 2.04. The molecule has 1 rings (SSSR count). The van der Waals surface area contributed by atoms with Gasteiger partial charge >= 0.3 is 5.97 Å². The van der Waals surface area contributed by atoms with Gasteiger partial charge in [-0.2, -0.15) is 0 Å². The highest BCUT2D eigenvalue weighted by molar-refractivity contribution is 9.10. The Morgan fingerprint density at radius 2 is 2.00 bits per heavy atom. The van der Waals surface area contributed by atoms with Crippen LogP contribution >= 0.6 is 28.3 Å². The molecule has 0 aromatic heterocycles. The van der Waals surface area contributed by atoms with Crippen LogP contribution in [-0.2, 0) is 4.79 Å². The molecule has 0 fully saturated rings. The van der Waals surface area contributed by atoms with Crippen LogP contribution in [0.25, 0.3) is 0 Å². The monoisotopic (exact) mass is 265 g/mol. The topological polar surface area (TPSA) is 63.3 Å². The predicted octanol–water partition coefficient (Wildman–Crippen LogP) is 1.96. The Morgan fingerprint density at radius 1 is 1.46 bits per heavy atom. The van der Waals surface area contributed by atoms with Crippen molar-refractivity contribution < 1.29 is 9.90 Å². The molecule has 1 atom stereocenters. The van der Waals surface area contributed by atoms with Crippen LogP contribution < -0.4 is 5.73 Å². The van der Waals surface area contributed by atoms with E-state index >= 15 is 0 Å². The number of halogens is 2. The molecule has 13 heavy (non-hydrogen) atoms. The van der Waals surface area contributed by atoms with Gasteiger partial charge in [0.1, 0.15) is 6.04 Å². The second kappa shape index (κ2) is 5.21. The molecule has 5 heteroatoms. The van der Waals surface area contributed by atoms with Crippen molar-refractivity contribution in [3.8, 4) is 0 Å². The van der Waals surface area contributed by atoms with Crippen molar-refractivity contribution >= 4 is 34.3 Å². The van der Waals surface area contributed by atoms with Gasteiger partial charge in [0.2, 0.25) is 0 Å². The lowest BCUT2D eigenvalue weighted by Gasteiger charge is -2.07. The zero-order chi connectivity index (χ0) is 9.14. The van der Waals surface area contributed by atoms with Crippen molar-refractivity contribution in [1.29, 1.82) is 0 Å². The van der Waals surface area contributed by atoms with Crippen LogP contribution in [0.1, 0.15) is 11.6 Å². The van der Waals surface area contributed by atoms with Crippen molar-refractivity contribution in [2.75, 3.05) is 0 Å². The van der Waals surface area contributed by atoms with Crippen molar-refractivity contribution in [2.45, 2.75) is 6.04 Å². The first-order chi connectivity index (χ1) is 5.63. The van der Waals surface area contributed by atoms with Gasteiger partial charge in [0.05, 0.1) is 0 Å². The fraction of sp³-hybridized carbons (Fsp3) is 0.125. The number of carboxylic acids is 1. The molecule has 0 radical (unpaired) electrons. The number of rotatable bonds is 2. The first-order valence-electron chi connectivity index (χ1n) is 3.35. The standard InChI is InChI=1S/C8H8BrNO2.ClH/c9-6-4-2-1-3-5(6)7(10)8(11)12;/h1-4,7H,10H2,(H,11,12);1H/t7-;/m0./s1. The Morgan fingerprint density at radius 3 is 2.46 bits per heavy atom. The second-order valence-corrected chi connectivity index (χ2v) is 3.19. The van der Waals surface area contributed by atoms with Crippen LogP contribution in [0.3, 0.4) is 0 Å². The third kappa shape index (κ3) is 2.99. The van der Waals surface area contributed by atoms with Crippen molar-refractivity contribution in [3.05, 3.63) is 34.3 Å². The van der Waals surface area contributed by atoms with Crippen molar-refractivity contribution in [1.82, 2.24) is 0 Å². The molecule has 0 heterocycles. The van der Waals surface area contributed by atoms with Gasteiger partial charge in [0.25, 0.3) is 0 Å². The molecule has 0 unspecified atom stereocenters. The molecule has 0 saturated carbocycles. The lowest BCUT2D eigenvalue weighted by atomic mass is 10.1. The van der Waals surface area contributed by atoms with E-state index < -0.39 is 12.0 Å². The molecule has 72 valence electrons. The summed E-state index contributed by atoms with van der Waals surface area (Å²) in [6, 6.07) is 6.05. The lowest BCUT2D eigenvalue weighted by molar-refractivity contribution is -0.138. The van der Waals surface area contributed by atoms with Crippen molar-refractivity contribution in [2.24, 2.45) is 5.73 Å². The molecule has 0 amide bonds. The van der Waals surface area contributed by atoms with Gasteiger partial charge in [-0.3, -0.25) is 4.79 Å². The maximum absolute atomic E-state index is 10.5. The third-order valence-corrected chi connectivity index (χ3v) is 2.23. The van der Waals surface area contributed by atoms with Crippen molar-refractivity contribution in [3.63, 3.8) is 0 Å². The third-order valence-electron chi connectivity index (χ3n) is 1.51. The quantitative estimate of drug-likeness (QED) is 0.860. The van der Waals surface area contributed by atoms with Gasteiger partial charge in [0, 0.05) is 4.47 Å². The summed E-state index contributed by atoms with van der Waals surface area (Å²) >= 11 is 3.22. The molecule has 0 bridgehead atoms. The van der Waals surface area contributed by atoms with Gasteiger partial charge in [-0.15, -0.1) is 12.4 Å². The van der Waals surface area contributed by atoms with E-state index in [-0.39, 0.29) is 12.4 Å². The highest BCUT2D eigenvalue weighted by atomic mass is 79.9. The summed E-state index contributed by atoms with van der Waals surface area (Å²) in [5, 5.41) is 8.61. The van der Waals surface area contributed by atoms with E-state index in [0.29, 0.717) is 5.56 Å². The number of benzene rings is 1. The summed E-state index contributed by atoms with van der Waals surface area (Å²) in [6.07, 6.45) is 0. The Labute approximate surface area is 90.5 Å². The van der Waals surface area contributed by atoms with Crippen LogP contribution in [-0.4, -0.2) is 11.1 Å². The van der Waals surface area contributed by atoms with Gasteiger partial charge in [-0.05, 0) is 11.6 Å². The van der Waals surface area contributed by atoms with E-state index in [0.717, 1.165) is 4.47 Å². The number of nitrogens with two attached hydrogens (primary N) is 1. The molecule has 1 aromatic rings. The highest BCUT2D eigenvalue weighted by Gasteiger charge is 2.15. The first-order valence-corrected chi connectivity index (χ1v) is 4.15. The van der Waals surface area contributed by atoms with Gasteiger partial charge in [-0.1, -0.05) is 34.1 Å². The highest BCUT2D eigenvalue weighted by Crippen LogP contribution is 2.21. The van der Waals surface area contributed by atoms with E-state index in [1.807, 2.05) is 6.07 Å². The Bertz CT molecular complexity index is 306. The predicted molar refractivity (Wildman–Crippen MR) is 56.0 cm³/mol. The number of aliphatic carboxylic acids is 1. The summed E-state index contributed by atoms with van der Waals surface area (Å²) in [5.74, 6) is -1.03. The molecular formula is C8H9BrClNO2. The average molecular weight is 267 g/mol. The molecule has 3 nitrogen and oxygen atoms in total. The summed E-state index contributed by atoms with van der Waals surface area (Å²) in [7, 11) is 0. The van der Waals surface area contributed by atoms with Crippen LogP contribution in [0.4, 0.5) is 0 Å². The van der Waals surface area contributed by atoms with Crippen LogP contribution in [0.15, 0.2) is 28.7 Å². The zero-order valence-corrected chi connectivity index (χ0v) is 9.01. The Kier molecular flexibility index (Phi) is 4.98. The first kappa shape index (κ1) is 12.4. The second-order valence-electron chi connectivity index (χ2n) is 2.34. The molecule has 0 aliphatic heterocycles. The maximum atomic E-state index is 10.5. The lowest BCUT2D eigenvalue weighted by Crippen LogP contribution is -2.20. The van der Waals surface area contributed by atoms with E-state index in [9.17, 15) is 4.79 Å². The van der Waals surface area contributed by atoms with Crippen LogP contribution in [0.2, 0.25) is 0 Å². The van der Waals surface area contributed by atoms with Gasteiger partial charge < -0.3 is 10.8 Å². The van der Waals surface area contributed by atoms with E-state index in [4.69, 9.17) is 10.8 Å². The fourth-order valence-corrected chi connectivity index (χ4v) is 1.39. The minimum atomic E-state index is -1.03. The Balaban J connectivity index is 0.00000144. The number of hydrogen-bond donors (Lipinski definition) is 2. The molecule has 0 saturated heterocycles. The molecule has 0 aliphatic rings. The number of carbonyl (C=O) groups is 1. The van der Waals surface area contributed by atoms with Gasteiger partial charge in [-0.25, -0.2) is 0 Å². The molecular weight excluding hydrogens is 257 g/mol. The largest absolute Gasteiger partial charge is 0.480 e. The minimum Gasteiger partial charge on any atom is -0.480 e. The van der Waals surface area contributed by atoms with Gasteiger partial charge in [0.15, 0.2) is 0 Å². The minimum absolute atomic E-state index is 0. The number of hydrogen-bond acceptors (Lipinski definition) is 2. The summed E-state index contributed by atoms with van der Waals surface area (Å²) < 4.78 is 0.722. The SMILES string of the molecule is Cl.N[C@H](C(=O)O)c1ccccc1Br. The maximum Gasteiger partial charge on any atom is 0.325 e. The van der Waals surface area contributed by atoms with E-state index in [1.165, 1.54) is 0 Å². The van der Waals surface area contributed by atoms with Crippen LogP contribution in [0.5, 0.6) is 0 Å². The number of carboxylic acid groups (broad SMARTS) is 1. The fourth-order valence-electron chi connectivity index (χ4n) is 0.860. The summed E-state index contributed by atoms with van der Waals surface area (Å²) in [5.41, 5.74) is 6.00. The summed E-state index contributed by atoms with van der Waals surface area (Å²) in [6.45, 7) is 0. The Hall–Kier alpha value is -0.580.